The topological polar surface area (TPSA) is 79.9 Å². The van der Waals surface area contributed by atoms with Crippen LogP contribution in [0.4, 0.5) is 11.4 Å². The van der Waals surface area contributed by atoms with Crippen molar-refractivity contribution in [2.45, 2.75) is 0 Å². The molecule has 0 aliphatic carbocycles. The van der Waals surface area contributed by atoms with Crippen LogP contribution in [-0.4, -0.2) is 51.6 Å². The van der Waals surface area contributed by atoms with Gasteiger partial charge in [0.25, 0.3) is 5.91 Å². The molecule has 2 aromatic rings. The number of carbonyl (C=O) groups is 2. The molecule has 0 saturated heterocycles. The molecule has 2 aromatic carbocycles. The number of benzene rings is 2. The van der Waals surface area contributed by atoms with Crippen molar-refractivity contribution in [2.24, 2.45) is 0 Å². The monoisotopic (exact) mass is 425 g/mol. The zero-order valence-corrected chi connectivity index (χ0v) is 17.4. The summed E-state index contributed by atoms with van der Waals surface area (Å²) in [4.78, 5) is 26.1. The van der Waals surface area contributed by atoms with Gasteiger partial charge in [0.1, 0.15) is 11.5 Å². The van der Waals surface area contributed by atoms with Crippen molar-refractivity contribution in [3.05, 3.63) is 45.9 Å². The minimum absolute atomic E-state index is 0.0964. The number of amides is 2. The van der Waals surface area contributed by atoms with Gasteiger partial charge in [-0.1, -0.05) is 23.2 Å². The van der Waals surface area contributed by atoms with Crippen molar-refractivity contribution < 1.29 is 19.1 Å². The van der Waals surface area contributed by atoms with Gasteiger partial charge in [0.05, 0.1) is 37.0 Å². The summed E-state index contributed by atoms with van der Waals surface area (Å²) in [7, 11) is 6.25. The van der Waals surface area contributed by atoms with Gasteiger partial charge in [-0.2, -0.15) is 0 Å². The Balaban J connectivity index is 2.15. The van der Waals surface area contributed by atoms with Crippen molar-refractivity contribution in [3.63, 3.8) is 0 Å². The van der Waals surface area contributed by atoms with E-state index in [1.54, 1.807) is 38.4 Å². The largest absolute Gasteiger partial charge is 0.495 e. The van der Waals surface area contributed by atoms with E-state index in [4.69, 9.17) is 32.7 Å². The van der Waals surface area contributed by atoms with Crippen LogP contribution in [0.5, 0.6) is 11.5 Å². The highest BCUT2D eigenvalue weighted by Crippen LogP contribution is 2.35. The highest BCUT2D eigenvalue weighted by Gasteiger charge is 2.16. The predicted octanol–water partition coefficient (Wildman–Crippen LogP) is 3.76. The molecule has 28 heavy (non-hydrogen) atoms. The van der Waals surface area contributed by atoms with Crippen LogP contribution >= 0.6 is 23.2 Å². The Hall–Kier alpha value is -2.64. The van der Waals surface area contributed by atoms with Gasteiger partial charge < -0.3 is 25.0 Å². The van der Waals surface area contributed by atoms with Crippen LogP contribution in [0.1, 0.15) is 10.4 Å². The van der Waals surface area contributed by atoms with E-state index in [0.717, 1.165) is 0 Å². The molecule has 2 rings (SSSR count). The van der Waals surface area contributed by atoms with Crippen LogP contribution in [0.25, 0.3) is 0 Å². The van der Waals surface area contributed by atoms with Crippen LogP contribution in [-0.2, 0) is 4.79 Å². The van der Waals surface area contributed by atoms with Crippen LogP contribution in [0.2, 0.25) is 10.0 Å². The van der Waals surface area contributed by atoms with Gasteiger partial charge in [0.15, 0.2) is 0 Å². The lowest BCUT2D eigenvalue weighted by Gasteiger charge is -2.16. The molecule has 0 aromatic heterocycles. The third-order valence-electron chi connectivity index (χ3n) is 3.81. The molecule has 0 saturated carbocycles. The first-order chi connectivity index (χ1) is 13.3. The Kier molecular flexibility index (Phi) is 7.37. The average molecular weight is 426 g/mol. The van der Waals surface area contributed by atoms with E-state index < -0.39 is 0 Å². The standard InChI is InChI=1S/C19H21Cl2N3O4/c1-24(2)19(26)12-6-5-11(20)7-14(12)22-10-18(25)23-15-8-13(21)16(27-3)9-17(15)28-4/h5-9,22H,10H2,1-4H3,(H,23,25). The number of ether oxygens (including phenoxy) is 2. The summed E-state index contributed by atoms with van der Waals surface area (Å²) in [5.41, 5.74) is 1.27. The van der Waals surface area contributed by atoms with E-state index >= 15 is 0 Å². The summed E-state index contributed by atoms with van der Waals surface area (Å²) in [6.07, 6.45) is 0. The Morgan fingerprint density at radius 3 is 2.29 bits per heavy atom. The number of hydrogen-bond donors (Lipinski definition) is 2. The molecule has 2 amide bonds. The van der Waals surface area contributed by atoms with E-state index in [9.17, 15) is 9.59 Å². The Labute approximate surface area is 173 Å². The van der Waals surface area contributed by atoms with Gasteiger partial charge in [-0.15, -0.1) is 0 Å². The number of halogens is 2. The molecule has 150 valence electrons. The average Bonchev–Trinajstić information content (AvgIpc) is 2.66. The second-order valence-electron chi connectivity index (χ2n) is 5.98. The lowest BCUT2D eigenvalue weighted by molar-refractivity contribution is -0.114. The molecule has 0 spiro atoms. The quantitative estimate of drug-likeness (QED) is 0.705. The van der Waals surface area contributed by atoms with Crippen molar-refractivity contribution in [3.8, 4) is 11.5 Å². The van der Waals surface area contributed by atoms with Crippen molar-refractivity contribution in [2.75, 3.05) is 45.5 Å². The molecule has 7 nitrogen and oxygen atoms in total. The van der Waals surface area contributed by atoms with Crippen molar-refractivity contribution in [1.82, 2.24) is 4.90 Å². The summed E-state index contributed by atoms with van der Waals surface area (Å²) in [5, 5.41) is 6.44. The molecule has 2 N–H and O–H groups in total. The van der Waals surface area contributed by atoms with Crippen LogP contribution in [0, 0.1) is 0 Å². The van der Waals surface area contributed by atoms with Gasteiger partial charge >= 0.3 is 0 Å². The lowest BCUT2D eigenvalue weighted by Crippen LogP contribution is -2.26. The molecule has 0 radical (unpaired) electrons. The van der Waals surface area contributed by atoms with Gasteiger partial charge in [-0.25, -0.2) is 0 Å². The fourth-order valence-electron chi connectivity index (χ4n) is 2.42. The van der Waals surface area contributed by atoms with E-state index in [2.05, 4.69) is 10.6 Å². The summed E-state index contributed by atoms with van der Waals surface area (Å²) >= 11 is 12.1. The highest BCUT2D eigenvalue weighted by atomic mass is 35.5. The second-order valence-corrected chi connectivity index (χ2v) is 6.82. The van der Waals surface area contributed by atoms with E-state index in [1.165, 1.54) is 25.2 Å². The van der Waals surface area contributed by atoms with Gasteiger partial charge in [0.2, 0.25) is 5.91 Å². The molecule has 0 unspecified atom stereocenters. The Bertz CT molecular complexity index is 888. The van der Waals surface area contributed by atoms with Gasteiger partial charge in [-0.3, -0.25) is 9.59 Å². The SMILES string of the molecule is COc1cc(OC)c(NC(=O)CNc2cc(Cl)ccc2C(=O)N(C)C)cc1Cl. The molecule has 9 heteroatoms. The summed E-state index contributed by atoms with van der Waals surface area (Å²) in [5.74, 6) is 0.271. The van der Waals surface area contributed by atoms with Crippen LogP contribution in [0.15, 0.2) is 30.3 Å². The smallest absolute Gasteiger partial charge is 0.255 e. The van der Waals surface area contributed by atoms with Gasteiger partial charge in [0, 0.05) is 30.9 Å². The zero-order valence-electron chi connectivity index (χ0n) is 15.9. The Morgan fingerprint density at radius 2 is 1.68 bits per heavy atom. The second kappa shape index (κ2) is 9.52. The number of nitrogens with one attached hydrogen (secondary N) is 2. The fourth-order valence-corrected chi connectivity index (χ4v) is 2.83. The first-order valence-electron chi connectivity index (χ1n) is 8.23. The minimum Gasteiger partial charge on any atom is -0.495 e. The molecule has 0 aliphatic heterocycles. The predicted molar refractivity (Wildman–Crippen MR) is 111 cm³/mol. The summed E-state index contributed by atoms with van der Waals surface area (Å²) in [6, 6.07) is 7.94. The van der Waals surface area contributed by atoms with Crippen molar-refractivity contribution in [1.29, 1.82) is 0 Å². The van der Waals surface area contributed by atoms with E-state index in [-0.39, 0.29) is 18.4 Å². The molecular formula is C19H21Cl2N3O4. The van der Waals surface area contributed by atoms with Crippen LogP contribution in [0.3, 0.4) is 0 Å². The normalized spacial score (nSPS) is 10.2. The molecular weight excluding hydrogens is 405 g/mol. The number of nitrogens with zero attached hydrogens (tertiary/aromatic N) is 1. The molecule has 0 atom stereocenters. The Morgan fingerprint density at radius 1 is 1.00 bits per heavy atom. The number of hydrogen-bond acceptors (Lipinski definition) is 5. The van der Waals surface area contributed by atoms with Crippen molar-refractivity contribution >= 4 is 46.4 Å². The maximum Gasteiger partial charge on any atom is 0.255 e. The van der Waals surface area contributed by atoms with E-state index in [1.807, 2.05) is 0 Å². The van der Waals surface area contributed by atoms with Crippen LogP contribution < -0.4 is 20.1 Å². The molecule has 0 aliphatic rings. The summed E-state index contributed by atoms with van der Waals surface area (Å²) < 4.78 is 10.4. The number of anilines is 2. The zero-order chi connectivity index (χ0) is 20.8. The first kappa shape index (κ1) is 21.7. The minimum atomic E-state index is -0.359. The number of methoxy groups -OCH3 is 2. The third-order valence-corrected chi connectivity index (χ3v) is 4.34. The van der Waals surface area contributed by atoms with E-state index in [0.29, 0.717) is 38.5 Å². The summed E-state index contributed by atoms with van der Waals surface area (Å²) in [6.45, 7) is -0.0964. The molecule has 0 bridgehead atoms. The maximum absolute atomic E-state index is 12.4. The highest BCUT2D eigenvalue weighted by molar-refractivity contribution is 6.32. The number of rotatable bonds is 7. The number of carbonyl (C=O) groups excluding carboxylic acids is 2. The maximum atomic E-state index is 12.4. The molecule has 0 heterocycles. The lowest BCUT2D eigenvalue weighted by atomic mass is 10.1. The fraction of sp³-hybridized carbons (Fsp3) is 0.263. The van der Waals surface area contributed by atoms with Gasteiger partial charge in [-0.05, 0) is 24.3 Å². The third kappa shape index (κ3) is 5.21. The first-order valence-corrected chi connectivity index (χ1v) is 8.98. The molecule has 0 fully saturated rings.